The lowest BCUT2D eigenvalue weighted by molar-refractivity contribution is 0.865. The topological polar surface area (TPSA) is 41.1 Å². The molecule has 2 aromatic rings. The number of halogens is 1. The van der Waals surface area contributed by atoms with E-state index in [9.17, 15) is 0 Å². The number of likely N-dealkylation sites (N-methyl/N-ethyl adjacent to an activating group) is 1. The summed E-state index contributed by atoms with van der Waals surface area (Å²) in [5.74, 6) is 0.828. The largest absolute Gasteiger partial charge is 0.383 e. The lowest BCUT2D eigenvalue weighted by Crippen LogP contribution is -2.22. The van der Waals surface area contributed by atoms with Crippen LogP contribution in [0.3, 0.4) is 0 Å². The SMILES string of the molecule is CNc1c(Cl)ncnc1N(C)CCc1cccs1. The van der Waals surface area contributed by atoms with Gasteiger partial charge in [-0.15, -0.1) is 11.3 Å². The van der Waals surface area contributed by atoms with Crippen LogP contribution in [0.15, 0.2) is 23.8 Å². The standard InChI is InChI=1S/C12H15ClN4S/c1-14-10-11(13)15-8-16-12(10)17(2)6-5-9-4-3-7-18-9/h3-4,7-8,14H,5-6H2,1-2H3. The Labute approximate surface area is 116 Å². The van der Waals surface area contributed by atoms with Gasteiger partial charge < -0.3 is 10.2 Å². The van der Waals surface area contributed by atoms with E-state index < -0.39 is 0 Å². The molecule has 0 unspecified atom stereocenters. The molecule has 1 N–H and O–H groups in total. The van der Waals surface area contributed by atoms with Crippen molar-refractivity contribution >= 4 is 34.4 Å². The van der Waals surface area contributed by atoms with Crippen molar-refractivity contribution in [3.8, 4) is 0 Å². The van der Waals surface area contributed by atoms with Crippen molar-refractivity contribution < 1.29 is 0 Å². The maximum Gasteiger partial charge on any atom is 0.157 e. The van der Waals surface area contributed by atoms with E-state index in [1.807, 2.05) is 14.1 Å². The molecule has 0 fully saturated rings. The number of aromatic nitrogens is 2. The van der Waals surface area contributed by atoms with Gasteiger partial charge in [-0.25, -0.2) is 9.97 Å². The fraction of sp³-hybridized carbons (Fsp3) is 0.333. The predicted octanol–water partition coefficient (Wildman–Crippen LogP) is 2.91. The molecular formula is C12H15ClN4S. The maximum absolute atomic E-state index is 6.04. The molecule has 0 amide bonds. The molecule has 4 nitrogen and oxygen atoms in total. The Morgan fingerprint density at radius 3 is 2.94 bits per heavy atom. The molecule has 2 rings (SSSR count). The van der Waals surface area contributed by atoms with Gasteiger partial charge in [0.05, 0.1) is 0 Å². The Kier molecular flexibility index (Phi) is 4.38. The summed E-state index contributed by atoms with van der Waals surface area (Å²) in [7, 11) is 3.83. The number of thiophene rings is 1. The van der Waals surface area contributed by atoms with E-state index in [0.29, 0.717) is 5.15 Å². The highest BCUT2D eigenvalue weighted by Gasteiger charge is 2.12. The summed E-state index contributed by atoms with van der Waals surface area (Å²) in [5, 5.41) is 5.58. The molecular weight excluding hydrogens is 268 g/mol. The quantitative estimate of drug-likeness (QED) is 0.856. The van der Waals surface area contributed by atoms with Gasteiger partial charge in [-0.05, 0) is 17.9 Å². The molecule has 6 heteroatoms. The summed E-state index contributed by atoms with van der Waals surface area (Å²) < 4.78 is 0. The Morgan fingerprint density at radius 2 is 2.28 bits per heavy atom. The molecule has 0 bridgehead atoms. The average molecular weight is 283 g/mol. The monoisotopic (exact) mass is 282 g/mol. The lowest BCUT2D eigenvalue weighted by atomic mass is 10.3. The molecule has 0 aliphatic rings. The van der Waals surface area contributed by atoms with Gasteiger partial charge in [-0.2, -0.15) is 0 Å². The normalized spacial score (nSPS) is 10.4. The van der Waals surface area contributed by atoms with Crippen molar-refractivity contribution in [1.29, 1.82) is 0 Å². The van der Waals surface area contributed by atoms with Gasteiger partial charge in [0.1, 0.15) is 12.0 Å². The van der Waals surface area contributed by atoms with Gasteiger partial charge in [0.2, 0.25) is 0 Å². The van der Waals surface area contributed by atoms with E-state index in [0.717, 1.165) is 24.5 Å². The van der Waals surface area contributed by atoms with Crippen LogP contribution in [0.4, 0.5) is 11.5 Å². The average Bonchev–Trinajstić information content (AvgIpc) is 2.88. The number of anilines is 2. The Bertz CT molecular complexity index is 501. The van der Waals surface area contributed by atoms with Gasteiger partial charge in [0, 0.05) is 25.5 Å². The first-order valence-electron chi connectivity index (χ1n) is 5.64. The molecule has 0 radical (unpaired) electrons. The smallest absolute Gasteiger partial charge is 0.157 e. The van der Waals surface area contributed by atoms with Crippen LogP contribution in [-0.2, 0) is 6.42 Å². The van der Waals surface area contributed by atoms with Crippen molar-refractivity contribution in [3.63, 3.8) is 0 Å². The Balaban J connectivity index is 2.08. The number of nitrogens with one attached hydrogen (secondary N) is 1. The lowest BCUT2D eigenvalue weighted by Gasteiger charge is -2.20. The fourth-order valence-electron chi connectivity index (χ4n) is 1.70. The summed E-state index contributed by atoms with van der Waals surface area (Å²) in [5.41, 5.74) is 0.771. The fourth-order valence-corrected chi connectivity index (χ4v) is 2.62. The molecule has 2 heterocycles. The van der Waals surface area contributed by atoms with Crippen molar-refractivity contribution in [2.24, 2.45) is 0 Å². The molecule has 0 aliphatic carbocycles. The molecule has 0 atom stereocenters. The van der Waals surface area contributed by atoms with Crippen LogP contribution >= 0.6 is 22.9 Å². The summed E-state index contributed by atoms with van der Waals surface area (Å²) in [6, 6.07) is 4.21. The molecule has 0 aliphatic heterocycles. The highest BCUT2D eigenvalue weighted by Crippen LogP contribution is 2.28. The highest BCUT2D eigenvalue weighted by molar-refractivity contribution is 7.09. The first-order valence-corrected chi connectivity index (χ1v) is 6.90. The third kappa shape index (κ3) is 2.91. The van der Waals surface area contributed by atoms with E-state index in [2.05, 4.69) is 37.7 Å². The Hall–Kier alpha value is -1.33. The van der Waals surface area contributed by atoms with Gasteiger partial charge in [-0.1, -0.05) is 17.7 Å². The van der Waals surface area contributed by atoms with Gasteiger partial charge >= 0.3 is 0 Å². The molecule has 2 aromatic heterocycles. The number of nitrogens with zero attached hydrogens (tertiary/aromatic N) is 3. The van der Waals surface area contributed by atoms with Crippen LogP contribution in [-0.4, -0.2) is 30.6 Å². The highest BCUT2D eigenvalue weighted by atomic mass is 35.5. The van der Waals surface area contributed by atoms with Crippen LogP contribution in [0.2, 0.25) is 5.15 Å². The minimum Gasteiger partial charge on any atom is -0.383 e. The van der Waals surface area contributed by atoms with E-state index in [-0.39, 0.29) is 0 Å². The molecule has 96 valence electrons. The molecule has 0 saturated carbocycles. The van der Waals surface area contributed by atoms with Crippen molar-refractivity contribution in [3.05, 3.63) is 33.9 Å². The third-order valence-corrected chi connectivity index (χ3v) is 3.89. The summed E-state index contributed by atoms with van der Waals surface area (Å²) >= 11 is 7.81. The van der Waals surface area contributed by atoms with Crippen LogP contribution in [0.25, 0.3) is 0 Å². The van der Waals surface area contributed by atoms with Gasteiger partial charge in [-0.3, -0.25) is 0 Å². The van der Waals surface area contributed by atoms with Crippen LogP contribution in [0.5, 0.6) is 0 Å². The van der Waals surface area contributed by atoms with Gasteiger partial charge in [0.25, 0.3) is 0 Å². The second kappa shape index (κ2) is 6.02. The Morgan fingerprint density at radius 1 is 1.44 bits per heavy atom. The van der Waals surface area contributed by atoms with E-state index in [1.165, 1.54) is 11.2 Å². The zero-order chi connectivity index (χ0) is 13.0. The van der Waals surface area contributed by atoms with Gasteiger partial charge in [0.15, 0.2) is 11.0 Å². The number of hydrogen-bond donors (Lipinski definition) is 1. The van der Waals surface area contributed by atoms with E-state index in [4.69, 9.17) is 11.6 Å². The second-order valence-corrected chi connectivity index (χ2v) is 5.25. The third-order valence-electron chi connectivity index (χ3n) is 2.67. The minimum atomic E-state index is 0.450. The van der Waals surface area contributed by atoms with Crippen LogP contribution in [0, 0.1) is 0 Å². The summed E-state index contributed by atoms with van der Waals surface area (Å²) in [6.07, 6.45) is 2.49. The first-order chi connectivity index (χ1) is 8.72. The molecule has 18 heavy (non-hydrogen) atoms. The van der Waals surface area contributed by atoms with Crippen LogP contribution < -0.4 is 10.2 Å². The van der Waals surface area contributed by atoms with Crippen molar-refractivity contribution in [1.82, 2.24) is 9.97 Å². The van der Waals surface area contributed by atoms with E-state index in [1.54, 1.807) is 11.3 Å². The first kappa shape index (κ1) is 13.1. The van der Waals surface area contributed by atoms with Crippen LogP contribution in [0.1, 0.15) is 4.88 Å². The maximum atomic E-state index is 6.04. The second-order valence-electron chi connectivity index (χ2n) is 3.86. The number of hydrogen-bond acceptors (Lipinski definition) is 5. The van der Waals surface area contributed by atoms with Crippen molar-refractivity contribution in [2.75, 3.05) is 30.9 Å². The van der Waals surface area contributed by atoms with Crippen molar-refractivity contribution in [2.45, 2.75) is 6.42 Å². The molecule has 0 saturated heterocycles. The summed E-state index contributed by atoms with van der Waals surface area (Å²) in [6.45, 7) is 0.891. The molecule has 0 aromatic carbocycles. The number of rotatable bonds is 5. The minimum absolute atomic E-state index is 0.450. The zero-order valence-electron chi connectivity index (χ0n) is 10.4. The zero-order valence-corrected chi connectivity index (χ0v) is 11.9. The summed E-state index contributed by atoms with van der Waals surface area (Å²) in [4.78, 5) is 11.7. The predicted molar refractivity (Wildman–Crippen MR) is 77.9 cm³/mol. The molecule has 0 spiro atoms. The van der Waals surface area contributed by atoms with E-state index >= 15 is 0 Å².